The van der Waals surface area contributed by atoms with Gasteiger partial charge in [-0.1, -0.05) is 12.8 Å². The van der Waals surface area contributed by atoms with E-state index in [2.05, 4.69) is 55.5 Å². The van der Waals surface area contributed by atoms with Crippen LogP contribution in [0.2, 0.25) is 0 Å². The average Bonchev–Trinajstić information content (AvgIpc) is 3.52. The summed E-state index contributed by atoms with van der Waals surface area (Å²) in [5.41, 5.74) is 1.18. The molecule has 0 radical (unpaired) electrons. The highest BCUT2D eigenvalue weighted by Crippen LogP contribution is 2.68. The highest BCUT2D eigenvalue weighted by atomic mass is 127. The highest BCUT2D eigenvalue weighted by Gasteiger charge is 2.70. The quantitative estimate of drug-likeness (QED) is 0.282. The Morgan fingerprint density at radius 1 is 1.35 bits per heavy atom. The normalized spacial score (nSPS) is 35.7. The highest BCUT2D eigenvalue weighted by molar-refractivity contribution is 14.1. The Balaban J connectivity index is 1.48. The summed E-state index contributed by atoms with van der Waals surface area (Å²) >= 11 is 6.53. The number of nitrogens with zero attached hydrogens (tertiary/aromatic N) is 4. The topological polar surface area (TPSA) is 96.1 Å². The van der Waals surface area contributed by atoms with Crippen molar-refractivity contribution in [2.24, 2.45) is 17.3 Å². The monoisotopic (exact) mass is 487 g/mol. The van der Waals surface area contributed by atoms with Gasteiger partial charge in [0, 0.05) is 34.6 Å². The van der Waals surface area contributed by atoms with E-state index in [4.69, 9.17) is 0 Å². The summed E-state index contributed by atoms with van der Waals surface area (Å²) in [5, 5.41) is 24.6. The molecule has 0 spiro atoms. The van der Waals surface area contributed by atoms with E-state index in [1.807, 2.05) is 4.57 Å². The molecule has 2 aromatic heterocycles. The molecule has 3 N–H and O–H groups in total. The van der Waals surface area contributed by atoms with E-state index in [0.29, 0.717) is 9.58 Å². The molecular formula is C17H22IN5O2S. The molecular weight excluding hydrogens is 465 g/mol. The summed E-state index contributed by atoms with van der Waals surface area (Å²) in [6.07, 6.45) is 4.87. The number of rotatable bonds is 6. The van der Waals surface area contributed by atoms with Crippen molar-refractivity contribution in [1.82, 2.24) is 19.5 Å². The van der Waals surface area contributed by atoms with Gasteiger partial charge >= 0.3 is 0 Å². The molecule has 5 rings (SSSR count). The fraction of sp³-hybridized carbons (Fsp3) is 0.706. The molecule has 2 heterocycles. The van der Waals surface area contributed by atoms with E-state index < -0.39 is 12.2 Å². The second-order valence-corrected chi connectivity index (χ2v) is 9.23. The van der Waals surface area contributed by atoms with Crippen LogP contribution in [0.4, 0.5) is 5.82 Å². The Morgan fingerprint density at radius 3 is 2.85 bits per heavy atom. The number of hydrogen-bond acceptors (Lipinski definition) is 7. The maximum atomic E-state index is 10.6. The van der Waals surface area contributed by atoms with Gasteiger partial charge in [0.25, 0.3) is 0 Å². The summed E-state index contributed by atoms with van der Waals surface area (Å²) in [6.45, 7) is 0.885. The van der Waals surface area contributed by atoms with Crippen LogP contribution in [0.25, 0.3) is 11.2 Å². The molecule has 0 saturated heterocycles. The first kappa shape index (κ1) is 17.4. The third-order valence-corrected chi connectivity index (χ3v) is 7.48. The zero-order valence-corrected chi connectivity index (χ0v) is 17.3. The van der Waals surface area contributed by atoms with E-state index in [0.717, 1.165) is 42.3 Å². The number of aliphatic hydroxyl groups excluding tert-OH is 2. The van der Waals surface area contributed by atoms with E-state index in [9.17, 15) is 10.2 Å². The molecule has 3 aliphatic carbocycles. The number of hydrogen-bond donors (Lipinski definition) is 4. The lowest BCUT2D eigenvalue weighted by Gasteiger charge is -2.23. The van der Waals surface area contributed by atoms with Gasteiger partial charge in [-0.25, -0.2) is 15.0 Å². The number of nitrogens with one attached hydrogen (secondary N) is 1. The second kappa shape index (κ2) is 6.18. The minimum atomic E-state index is -0.822. The molecule has 5 atom stereocenters. The summed E-state index contributed by atoms with van der Waals surface area (Å²) in [6, 6.07) is -0.216. The fourth-order valence-electron chi connectivity index (χ4n) is 4.58. The number of aromatic nitrogens is 4. The van der Waals surface area contributed by atoms with Crippen LogP contribution in [0.5, 0.6) is 0 Å². The second-order valence-electron chi connectivity index (χ2n) is 7.95. The number of aliphatic hydroxyl groups is 2. The fourth-order valence-corrected chi connectivity index (χ4v) is 5.60. The molecule has 26 heavy (non-hydrogen) atoms. The summed E-state index contributed by atoms with van der Waals surface area (Å²) < 4.78 is 2.58. The molecule has 0 bridgehead atoms. The van der Waals surface area contributed by atoms with Gasteiger partial charge < -0.3 is 20.1 Å². The van der Waals surface area contributed by atoms with Crippen molar-refractivity contribution in [2.45, 2.75) is 43.9 Å². The predicted octanol–water partition coefficient (Wildman–Crippen LogP) is 1.86. The van der Waals surface area contributed by atoms with E-state index >= 15 is 0 Å². The molecule has 140 valence electrons. The average molecular weight is 487 g/mol. The lowest BCUT2D eigenvalue weighted by Crippen LogP contribution is -2.34. The van der Waals surface area contributed by atoms with Crippen LogP contribution in [0.1, 0.15) is 31.7 Å². The van der Waals surface area contributed by atoms with Crippen LogP contribution in [-0.4, -0.2) is 54.2 Å². The summed E-state index contributed by atoms with van der Waals surface area (Å²) in [4.78, 5) is 13.6. The van der Waals surface area contributed by atoms with Gasteiger partial charge in [0.2, 0.25) is 0 Å². The Kier molecular flexibility index (Phi) is 4.15. The van der Waals surface area contributed by atoms with Gasteiger partial charge in [0.1, 0.15) is 6.10 Å². The number of thiol groups is 1. The van der Waals surface area contributed by atoms with Crippen molar-refractivity contribution >= 4 is 52.2 Å². The minimum absolute atomic E-state index is 0.210. The number of anilines is 1. The molecule has 0 aromatic carbocycles. The molecule has 9 heteroatoms. The van der Waals surface area contributed by atoms with E-state index in [1.165, 1.54) is 12.8 Å². The molecule has 3 fully saturated rings. The first-order chi connectivity index (χ1) is 12.5. The lowest BCUT2D eigenvalue weighted by atomic mass is 10.0. The first-order valence-electron chi connectivity index (χ1n) is 9.16. The van der Waals surface area contributed by atoms with Crippen LogP contribution >= 0.6 is 35.2 Å². The molecule has 7 nitrogen and oxygen atoms in total. The number of halogens is 1. The molecule has 3 saturated carbocycles. The van der Waals surface area contributed by atoms with E-state index in [-0.39, 0.29) is 17.4 Å². The van der Waals surface area contributed by atoms with Crippen molar-refractivity contribution in [2.75, 3.05) is 17.6 Å². The third kappa shape index (κ3) is 2.57. The first-order valence-corrected chi connectivity index (χ1v) is 10.9. The minimum Gasteiger partial charge on any atom is -0.390 e. The molecule has 2 aromatic rings. The Labute approximate surface area is 170 Å². The van der Waals surface area contributed by atoms with Crippen molar-refractivity contribution in [3.05, 3.63) is 10.2 Å². The maximum absolute atomic E-state index is 10.6. The number of fused-ring (bicyclic) bond motifs is 2. The number of imidazole rings is 1. The van der Waals surface area contributed by atoms with Crippen LogP contribution in [-0.2, 0) is 0 Å². The Morgan fingerprint density at radius 2 is 2.15 bits per heavy atom. The third-order valence-electron chi connectivity index (χ3n) is 6.40. The summed E-state index contributed by atoms with van der Waals surface area (Å²) in [5.74, 6) is 2.40. The standard InChI is InChI=1S/C17H22IN5O2S/c18-16-21-14(19-4-3-8-1-2-8)10-15(22-16)23(7-20-10)11-9-5-17(9,6-26)13(25)12(11)24/h7-9,11-13,24-26H,1-6H2,(H,19,21,22)/t9-,11-,12+,13+,17+/m1/s1. The molecule has 3 aliphatic rings. The molecule has 0 unspecified atom stereocenters. The SMILES string of the molecule is O[C@H]1[C@H](n2cnc3c(NCCC4CC4)nc(I)nc32)[C@H]2C[C@@]2(CS)[C@H]1O. The lowest BCUT2D eigenvalue weighted by molar-refractivity contribution is -0.0125. The Hall–Kier alpha value is -0.650. The van der Waals surface area contributed by atoms with Gasteiger partial charge in [0.15, 0.2) is 20.8 Å². The summed E-state index contributed by atoms with van der Waals surface area (Å²) in [7, 11) is 0. The van der Waals surface area contributed by atoms with Crippen molar-refractivity contribution < 1.29 is 10.2 Å². The van der Waals surface area contributed by atoms with Crippen LogP contribution in [0.3, 0.4) is 0 Å². The van der Waals surface area contributed by atoms with Crippen LogP contribution in [0.15, 0.2) is 6.33 Å². The van der Waals surface area contributed by atoms with Crippen molar-refractivity contribution in [3.63, 3.8) is 0 Å². The molecule has 0 amide bonds. The predicted molar refractivity (Wildman–Crippen MR) is 109 cm³/mol. The smallest absolute Gasteiger partial charge is 0.194 e. The molecule has 0 aliphatic heterocycles. The maximum Gasteiger partial charge on any atom is 0.194 e. The van der Waals surface area contributed by atoms with Crippen molar-refractivity contribution in [1.29, 1.82) is 0 Å². The zero-order valence-electron chi connectivity index (χ0n) is 14.2. The van der Waals surface area contributed by atoms with Crippen LogP contribution in [0, 0.1) is 21.1 Å². The zero-order chi connectivity index (χ0) is 18.1. The van der Waals surface area contributed by atoms with Crippen LogP contribution < -0.4 is 5.32 Å². The van der Waals surface area contributed by atoms with Gasteiger partial charge in [-0.2, -0.15) is 12.6 Å². The Bertz CT molecular complexity index is 859. The van der Waals surface area contributed by atoms with Gasteiger partial charge in [0.05, 0.1) is 18.5 Å². The van der Waals surface area contributed by atoms with Gasteiger partial charge in [-0.15, -0.1) is 0 Å². The van der Waals surface area contributed by atoms with Gasteiger partial charge in [-0.05, 0) is 30.4 Å². The largest absolute Gasteiger partial charge is 0.390 e. The van der Waals surface area contributed by atoms with Crippen molar-refractivity contribution in [3.8, 4) is 0 Å². The van der Waals surface area contributed by atoms with E-state index in [1.54, 1.807) is 6.33 Å². The van der Waals surface area contributed by atoms with Gasteiger partial charge in [-0.3, -0.25) is 0 Å².